The van der Waals surface area contributed by atoms with Gasteiger partial charge in [-0.2, -0.15) is 0 Å². The Bertz CT molecular complexity index is 445. The summed E-state index contributed by atoms with van der Waals surface area (Å²) in [5.41, 5.74) is 1.16. The summed E-state index contributed by atoms with van der Waals surface area (Å²) >= 11 is 0. The van der Waals surface area contributed by atoms with Gasteiger partial charge in [-0.15, -0.1) is 0 Å². The van der Waals surface area contributed by atoms with E-state index >= 15 is 0 Å². The van der Waals surface area contributed by atoms with Gasteiger partial charge in [-0.25, -0.2) is 0 Å². The van der Waals surface area contributed by atoms with Crippen LogP contribution in [0.1, 0.15) is 5.56 Å². The van der Waals surface area contributed by atoms with Crippen LogP contribution in [0.25, 0.3) is 0 Å². The number of benzene rings is 2. The molecule has 16 heavy (non-hydrogen) atoms. The van der Waals surface area contributed by atoms with E-state index in [-0.39, 0.29) is 0 Å². The van der Waals surface area contributed by atoms with Crippen LogP contribution >= 0.6 is 21.7 Å². The van der Waals surface area contributed by atoms with Crippen LogP contribution in [0.3, 0.4) is 0 Å². The Morgan fingerprint density at radius 3 is 2.56 bits per heavy atom. The maximum Gasteiger partial charge on any atom is 0.120 e. The quantitative estimate of drug-likeness (QED) is 0.790. The Morgan fingerprint density at radius 1 is 1.00 bits per heavy atom. The lowest BCUT2D eigenvalue weighted by atomic mass is 10.2. The van der Waals surface area contributed by atoms with Crippen molar-refractivity contribution in [1.82, 2.24) is 0 Å². The first-order chi connectivity index (χ1) is 7.88. The van der Waals surface area contributed by atoms with Gasteiger partial charge in [-0.3, -0.25) is 0 Å². The molecule has 0 aliphatic rings. The molecule has 3 heteroatoms. The van der Waals surface area contributed by atoms with Gasteiger partial charge in [0.2, 0.25) is 0 Å². The van der Waals surface area contributed by atoms with E-state index < -0.39 is 0 Å². The summed E-state index contributed by atoms with van der Waals surface area (Å²) in [5, 5.41) is 0. The van der Waals surface area contributed by atoms with Gasteiger partial charge in [0.15, 0.2) is 0 Å². The summed E-state index contributed by atoms with van der Waals surface area (Å²) in [7, 11) is 6.87. The number of rotatable bonds is 4. The summed E-state index contributed by atoms with van der Waals surface area (Å²) in [4.78, 5) is 0.993. The first-order valence-corrected chi connectivity index (χ1v) is 6.58. The fourth-order valence-corrected chi connectivity index (χ4v) is 1.93. The zero-order valence-corrected chi connectivity index (χ0v) is 10.2. The third kappa shape index (κ3) is 3.19. The van der Waals surface area contributed by atoms with Crippen molar-refractivity contribution in [2.75, 3.05) is 0 Å². The Kier molecular flexibility index (Phi) is 4.14. The van der Waals surface area contributed by atoms with Gasteiger partial charge in [0.1, 0.15) is 12.4 Å². The Morgan fingerprint density at radius 2 is 1.81 bits per heavy atom. The molecule has 0 amide bonds. The SMILES string of the molecule is ClSc1cccc(OCc2ccccc2)c1. The van der Waals surface area contributed by atoms with Crippen LogP contribution in [0.4, 0.5) is 0 Å². The Balaban J connectivity index is 1.99. The minimum Gasteiger partial charge on any atom is -0.489 e. The molecule has 0 heterocycles. The zero-order chi connectivity index (χ0) is 11.2. The largest absolute Gasteiger partial charge is 0.489 e. The molecule has 0 bridgehead atoms. The van der Waals surface area contributed by atoms with Crippen molar-refractivity contribution in [1.29, 1.82) is 0 Å². The lowest BCUT2D eigenvalue weighted by molar-refractivity contribution is 0.305. The Hall–Kier alpha value is -1.12. The maximum atomic E-state index is 5.68. The van der Waals surface area contributed by atoms with Crippen LogP contribution in [0, 0.1) is 0 Å². The molecular weight excluding hydrogens is 240 g/mol. The lowest BCUT2D eigenvalue weighted by Crippen LogP contribution is -1.94. The highest BCUT2D eigenvalue weighted by Gasteiger charge is 1.97. The van der Waals surface area contributed by atoms with E-state index in [9.17, 15) is 0 Å². The average molecular weight is 251 g/mol. The van der Waals surface area contributed by atoms with Crippen molar-refractivity contribution in [2.45, 2.75) is 11.5 Å². The average Bonchev–Trinajstić information content (AvgIpc) is 2.38. The molecule has 1 nitrogen and oxygen atoms in total. The third-order valence-electron chi connectivity index (χ3n) is 2.14. The van der Waals surface area contributed by atoms with Crippen LogP contribution in [0.2, 0.25) is 0 Å². The van der Waals surface area contributed by atoms with E-state index in [0.29, 0.717) is 6.61 Å². The molecule has 2 aromatic carbocycles. The summed E-state index contributed by atoms with van der Waals surface area (Å²) in [5.74, 6) is 0.842. The number of ether oxygens (including phenoxy) is 1. The minimum absolute atomic E-state index is 0.581. The van der Waals surface area contributed by atoms with Crippen molar-refractivity contribution in [2.24, 2.45) is 0 Å². The van der Waals surface area contributed by atoms with E-state index in [1.807, 2.05) is 54.6 Å². The van der Waals surface area contributed by atoms with E-state index in [1.54, 1.807) is 0 Å². The fourth-order valence-electron chi connectivity index (χ4n) is 1.35. The normalized spacial score (nSPS) is 10.1. The molecule has 0 saturated carbocycles. The third-order valence-corrected chi connectivity index (χ3v) is 3.11. The first kappa shape index (κ1) is 11.4. The number of hydrogen-bond donors (Lipinski definition) is 0. The van der Waals surface area contributed by atoms with Gasteiger partial charge in [-0.05, 0) is 45.4 Å². The van der Waals surface area contributed by atoms with E-state index in [4.69, 9.17) is 15.4 Å². The van der Waals surface area contributed by atoms with Gasteiger partial charge >= 0.3 is 0 Å². The standard InChI is InChI=1S/C13H11ClOS/c14-16-13-8-4-7-12(9-13)15-10-11-5-2-1-3-6-11/h1-9H,10H2. The van der Waals surface area contributed by atoms with Gasteiger partial charge < -0.3 is 4.74 Å². The van der Waals surface area contributed by atoms with Crippen LogP contribution in [-0.2, 0) is 6.61 Å². The van der Waals surface area contributed by atoms with E-state index in [1.165, 1.54) is 11.0 Å². The summed E-state index contributed by atoms with van der Waals surface area (Å²) in [6.07, 6.45) is 0. The molecule has 82 valence electrons. The lowest BCUT2D eigenvalue weighted by Gasteiger charge is -2.06. The maximum absolute atomic E-state index is 5.68. The molecule has 0 aliphatic heterocycles. The molecular formula is C13H11ClOS. The predicted octanol–water partition coefficient (Wildman–Crippen LogP) is 4.51. The molecule has 0 atom stereocenters. The van der Waals surface area contributed by atoms with Crippen molar-refractivity contribution < 1.29 is 4.74 Å². The molecule has 0 aromatic heterocycles. The van der Waals surface area contributed by atoms with Crippen molar-refractivity contribution >= 4 is 21.7 Å². The molecule has 0 unspecified atom stereocenters. The van der Waals surface area contributed by atoms with Crippen molar-refractivity contribution in [3.63, 3.8) is 0 Å². The van der Waals surface area contributed by atoms with Gasteiger partial charge in [0, 0.05) is 4.90 Å². The smallest absolute Gasteiger partial charge is 0.120 e. The van der Waals surface area contributed by atoms with Gasteiger partial charge in [-0.1, -0.05) is 36.4 Å². The van der Waals surface area contributed by atoms with Crippen LogP contribution in [0.5, 0.6) is 5.75 Å². The first-order valence-electron chi connectivity index (χ1n) is 4.94. The number of hydrogen-bond acceptors (Lipinski definition) is 2. The molecule has 0 saturated heterocycles. The second-order valence-electron chi connectivity index (χ2n) is 3.33. The summed E-state index contributed by atoms with van der Waals surface area (Å²) in [6, 6.07) is 17.8. The van der Waals surface area contributed by atoms with Gasteiger partial charge in [0.25, 0.3) is 0 Å². The number of halogens is 1. The molecule has 0 spiro atoms. The molecule has 0 fully saturated rings. The highest BCUT2D eigenvalue weighted by atomic mass is 35.7. The predicted molar refractivity (Wildman–Crippen MR) is 68.9 cm³/mol. The van der Waals surface area contributed by atoms with Crippen molar-refractivity contribution in [3.05, 3.63) is 60.2 Å². The molecule has 2 aromatic rings. The zero-order valence-electron chi connectivity index (χ0n) is 8.60. The van der Waals surface area contributed by atoms with Crippen molar-refractivity contribution in [3.8, 4) is 5.75 Å². The molecule has 0 aliphatic carbocycles. The fraction of sp³-hybridized carbons (Fsp3) is 0.0769. The highest BCUT2D eigenvalue weighted by Crippen LogP contribution is 2.25. The Labute approximate surface area is 104 Å². The summed E-state index contributed by atoms with van der Waals surface area (Å²) in [6.45, 7) is 0.581. The minimum atomic E-state index is 0.581. The van der Waals surface area contributed by atoms with Crippen LogP contribution in [-0.4, -0.2) is 0 Å². The van der Waals surface area contributed by atoms with Crippen LogP contribution in [0.15, 0.2) is 59.5 Å². The second-order valence-corrected chi connectivity index (χ2v) is 4.41. The monoisotopic (exact) mass is 250 g/mol. The molecule has 0 radical (unpaired) electrons. The second kappa shape index (κ2) is 5.83. The topological polar surface area (TPSA) is 9.23 Å². The highest BCUT2D eigenvalue weighted by molar-refractivity contribution is 8.21. The van der Waals surface area contributed by atoms with Gasteiger partial charge in [0.05, 0.1) is 0 Å². The van der Waals surface area contributed by atoms with E-state index in [0.717, 1.165) is 16.2 Å². The van der Waals surface area contributed by atoms with E-state index in [2.05, 4.69) is 0 Å². The van der Waals surface area contributed by atoms with Crippen LogP contribution < -0.4 is 4.74 Å². The molecule has 2 rings (SSSR count). The summed E-state index contributed by atoms with van der Waals surface area (Å²) < 4.78 is 5.66. The molecule has 0 N–H and O–H groups in total.